The minimum absolute atomic E-state index is 0.0340. The molecule has 1 saturated carbocycles. The summed E-state index contributed by atoms with van der Waals surface area (Å²) in [6, 6.07) is 12.0. The Bertz CT molecular complexity index is 941. The van der Waals surface area contributed by atoms with Gasteiger partial charge >= 0.3 is 0 Å². The Kier molecular flexibility index (Phi) is 4.60. The lowest BCUT2D eigenvalue weighted by molar-refractivity contribution is 0.0952. The number of nitrogens with one attached hydrogen (secondary N) is 1. The molecule has 5 nitrogen and oxygen atoms in total. The van der Waals surface area contributed by atoms with Gasteiger partial charge < -0.3 is 14.5 Å². The van der Waals surface area contributed by atoms with Crippen molar-refractivity contribution in [2.75, 3.05) is 6.54 Å². The number of carbonyl (C=O) groups excluding carboxylic acids is 1. The van der Waals surface area contributed by atoms with Gasteiger partial charge in [-0.1, -0.05) is 0 Å². The Balaban J connectivity index is 1.38. The molecular weight excluding hydrogens is 336 g/mol. The third-order valence-electron chi connectivity index (χ3n) is 5.31. The van der Waals surface area contributed by atoms with Crippen LogP contribution in [0.2, 0.25) is 0 Å². The fourth-order valence-electron chi connectivity index (χ4n) is 3.66. The monoisotopic (exact) mass is 362 g/mol. The first-order chi connectivity index (χ1) is 13.0. The van der Waals surface area contributed by atoms with Gasteiger partial charge in [0.2, 0.25) is 0 Å². The van der Waals surface area contributed by atoms with Crippen LogP contribution in [0.3, 0.4) is 0 Å². The predicted molar refractivity (Wildman–Crippen MR) is 107 cm³/mol. The van der Waals surface area contributed by atoms with Crippen LogP contribution >= 0.6 is 0 Å². The van der Waals surface area contributed by atoms with Gasteiger partial charge in [0.25, 0.3) is 5.91 Å². The number of amides is 1. The quantitative estimate of drug-likeness (QED) is 0.723. The van der Waals surface area contributed by atoms with E-state index < -0.39 is 0 Å². The molecule has 0 unspecified atom stereocenters. The molecule has 0 atom stereocenters. The lowest BCUT2D eigenvalue weighted by atomic mass is 10.2. The summed E-state index contributed by atoms with van der Waals surface area (Å²) < 4.78 is 4.42. The molecule has 1 N–H and O–H groups in total. The molecule has 0 bridgehead atoms. The highest BCUT2D eigenvalue weighted by Crippen LogP contribution is 2.39. The van der Waals surface area contributed by atoms with Gasteiger partial charge in [0.05, 0.1) is 0 Å². The van der Waals surface area contributed by atoms with Gasteiger partial charge in [-0.15, -0.1) is 0 Å². The van der Waals surface area contributed by atoms with Crippen LogP contribution in [0.4, 0.5) is 0 Å². The highest BCUT2D eigenvalue weighted by atomic mass is 16.1. The molecule has 2 aromatic heterocycles. The Labute approximate surface area is 160 Å². The number of carbonyl (C=O) groups is 1. The second kappa shape index (κ2) is 7.06. The van der Waals surface area contributed by atoms with Crippen molar-refractivity contribution in [3.8, 4) is 5.69 Å². The zero-order valence-corrected chi connectivity index (χ0v) is 16.2. The zero-order valence-electron chi connectivity index (χ0n) is 16.2. The summed E-state index contributed by atoms with van der Waals surface area (Å²) in [7, 11) is 0. The van der Waals surface area contributed by atoms with E-state index in [1.54, 1.807) is 0 Å². The first kappa shape index (κ1) is 17.6. The molecule has 0 radical (unpaired) electrons. The summed E-state index contributed by atoms with van der Waals surface area (Å²) >= 11 is 0. The highest BCUT2D eigenvalue weighted by molar-refractivity contribution is 5.94. The minimum atomic E-state index is -0.0340. The van der Waals surface area contributed by atoms with Crippen LogP contribution in [-0.4, -0.2) is 26.6 Å². The number of benzene rings is 1. The van der Waals surface area contributed by atoms with Crippen LogP contribution in [0.5, 0.6) is 0 Å². The Morgan fingerprint density at radius 3 is 2.33 bits per heavy atom. The van der Waals surface area contributed by atoms with Gasteiger partial charge in [0.1, 0.15) is 5.82 Å². The lowest BCUT2D eigenvalue weighted by Gasteiger charge is -2.12. The summed E-state index contributed by atoms with van der Waals surface area (Å²) in [6.07, 6.45) is 4.39. The van der Waals surface area contributed by atoms with Crippen molar-refractivity contribution in [3.63, 3.8) is 0 Å². The molecule has 0 saturated heterocycles. The molecule has 1 amide bonds. The molecule has 1 aliphatic carbocycles. The molecule has 3 aromatic rings. The molecule has 2 heterocycles. The maximum atomic E-state index is 12.5. The lowest BCUT2D eigenvalue weighted by Crippen LogP contribution is -2.28. The third kappa shape index (κ3) is 3.54. The maximum Gasteiger partial charge on any atom is 0.251 e. The van der Waals surface area contributed by atoms with Crippen molar-refractivity contribution in [2.24, 2.45) is 0 Å². The number of imidazole rings is 1. The van der Waals surface area contributed by atoms with Crippen molar-refractivity contribution in [1.82, 2.24) is 19.4 Å². The first-order valence-electron chi connectivity index (χ1n) is 9.60. The van der Waals surface area contributed by atoms with Crippen molar-refractivity contribution < 1.29 is 4.79 Å². The number of rotatable bonds is 6. The van der Waals surface area contributed by atoms with E-state index in [0.717, 1.165) is 17.9 Å². The van der Waals surface area contributed by atoms with Crippen LogP contribution in [0, 0.1) is 20.8 Å². The van der Waals surface area contributed by atoms with Crippen LogP contribution in [0.25, 0.3) is 5.69 Å². The second-order valence-electron chi connectivity index (χ2n) is 7.44. The fraction of sp³-hybridized carbons (Fsp3) is 0.364. The van der Waals surface area contributed by atoms with E-state index >= 15 is 0 Å². The molecule has 5 heteroatoms. The maximum absolute atomic E-state index is 12.5. The Morgan fingerprint density at radius 1 is 1.04 bits per heavy atom. The molecule has 27 heavy (non-hydrogen) atoms. The van der Waals surface area contributed by atoms with Gasteiger partial charge in [-0.2, -0.15) is 0 Å². The molecule has 1 aromatic carbocycles. The number of hydrogen-bond donors (Lipinski definition) is 1. The molecule has 1 fully saturated rings. The largest absolute Gasteiger partial charge is 0.350 e. The zero-order chi connectivity index (χ0) is 19.0. The number of hydrogen-bond acceptors (Lipinski definition) is 2. The van der Waals surface area contributed by atoms with Crippen LogP contribution in [-0.2, 0) is 6.54 Å². The summed E-state index contributed by atoms with van der Waals surface area (Å²) in [6.45, 7) is 7.62. The summed E-state index contributed by atoms with van der Waals surface area (Å²) in [5.74, 6) is 1.75. The van der Waals surface area contributed by atoms with E-state index in [4.69, 9.17) is 0 Å². The molecule has 4 rings (SSSR count). The third-order valence-corrected chi connectivity index (χ3v) is 5.31. The van der Waals surface area contributed by atoms with E-state index in [2.05, 4.69) is 52.3 Å². The van der Waals surface area contributed by atoms with Gasteiger partial charge in [-0.3, -0.25) is 4.79 Å². The molecule has 140 valence electrons. The highest BCUT2D eigenvalue weighted by Gasteiger charge is 2.28. The summed E-state index contributed by atoms with van der Waals surface area (Å²) in [5, 5.41) is 3.03. The molecule has 0 spiro atoms. The van der Waals surface area contributed by atoms with Gasteiger partial charge in [0, 0.05) is 53.5 Å². The van der Waals surface area contributed by atoms with Crippen LogP contribution in [0.1, 0.15) is 52.0 Å². The molecule has 0 aliphatic heterocycles. The Morgan fingerprint density at radius 2 is 1.70 bits per heavy atom. The van der Waals surface area contributed by atoms with Gasteiger partial charge in [0.15, 0.2) is 0 Å². The van der Waals surface area contributed by atoms with E-state index in [-0.39, 0.29) is 5.91 Å². The van der Waals surface area contributed by atoms with Crippen LogP contribution in [0.15, 0.2) is 42.6 Å². The van der Waals surface area contributed by atoms with E-state index in [1.807, 2.05) is 30.5 Å². The number of aromatic nitrogens is 3. The second-order valence-corrected chi connectivity index (χ2v) is 7.44. The van der Waals surface area contributed by atoms with E-state index in [1.165, 1.54) is 30.1 Å². The normalized spacial score (nSPS) is 13.7. The van der Waals surface area contributed by atoms with Crippen molar-refractivity contribution >= 4 is 5.91 Å². The van der Waals surface area contributed by atoms with Crippen molar-refractivity contribution in [1.29, 1.82) is 0 Å². The minimum Gasteiger partial charge on any atom is -0.350 e. The van der Waals surface area contributed by atoms with Gasteiger partial charge in [-0.05, 0) is 70.0 Å². The summed E-state index contributed by atoms with van der Waals surface area (Å²) in [5.41, 5.74) is 5.30. The SMILES string of the molecule is Cc1cnc(C2CC2)n1CCNC(=O)c1ccc(-n2c(C)ccc2C)cc1. The fourth-order valence-corrected chi connectivity index (χ4v) is 3.66. The van der Waals surface area contributed by atoms with Gasteiger partial charge in [-0.25, -0.2) is 4.98 Å². The van der Waals surface area contributed by atoms with E-state index in [9.17, 15) is 4.79 Å². The van der Waals surface area contributed by atoms with Crippen LogP contribution < -0.4 is 5.32 Å². The first-order valence-corrected chi connectivity index (χ1v) is 9.60. The topological polar surface area (TPSA) is 51.9 Å². The smallest absolute Gasteiger partial charge is 0.251 e. The Hall–Kier alpha value is -2.82. The molecular formula is C22H26N4O. The van der Waals surface area contributed by atoms with Crippen molar-refractivity contribution in [3.05, 3.63) is 71.1 Å². The number of nitrogens with zero attached hydrogens (tertiary/aromatic N) is 3. The van der Waals surface area contributed by atoms with E-state index in [0.29, 0.717) is 18.0 Å². The average molecular weight is 362 g/mol. The predicted octanol–water partition coefficient (Wildman–Crippen LogP) is 3.91. The van der Waals surface area contributed by atoms with Crippen molar-refractivity contribution in [2.45, 2.75) is 46.1 Å². The number of aryl methyl sites for hydroxylation is 3. The summed E-state index contributed by atoms with van der Waals surface area (Å²) in [4.78, 5) is 17.0. The average Bonchev–Trinajstić information content (AvgIpc) is 3.37. The molecule has 1 aliphatic rings. The standard InChI is InChI=1S/C22H26N4O/c1-15-4-5-16(2)26(15)20-10-8-19(9-11-20)22(27)23-12-13-25-17(3)14-24-21(25)18-6-7-18/h4-5,8-11,14,18H,6-7,12-13H2,1-3H3,(H,23,27).